The van der Waals surface area contributed by atoms with Crippen molar-refractivity contribution in [3.8, 4) is 11.5 Å². The highest BCUT2D eigenvalue weighted by Crippen LogP contribution is 2.37. The molecule has 0 amide bonds. The summed E-state index contributed by atoms with van der Waals surface area (Å²) in [5.41, 5.74) is 3.47. The van der Waals surface area contributed by atoms with Gasteiger partial charge in [-0.05, 0) is 42.7 Å². The summed E-state index contributed by atoms with van der Waals surface area (Å²) in [6.45, 7) is 9.35. The molecule has 0 fully saturated rings. The zero-order valence-electron chi connectivity index (χ0n) is 14.3. The minimum absolute atomic E-state index is 0.390. The molecule has 2 aromatic rings. The number of halogens is 1. The first-order valence-corrected chi connectivity index (χ1v) is 8.58. The van der Waals surface area contributed by atoms with E-state index in [1.165, 1.54) is 5.56 Å². The van der Waals surface area contributed by atoms with Crippen LogP contribution >= 0.6 is 11.6 Å². The van der Waals surface area contributed by atoms with E-state index in [0.29, 0.717) is 36.3 Å². The Hall–Kier alpha value is -2.13. The second kappa shape index (κ2) is 9.24. The lowest BCUT2D eigenvalue weighted by molar-refractivity contribution is 0.297. The van der Waals surface area contributed by atoms with Crippen molar-refractivity contribution in [1.82, 2.24) is 0 Å². The van der Waals surface area contributed by atoms with Crippen LogP contribution in [0.25, 0.3) is 0 Å². The monoisotopic (exact) mass is 345 g/mol. The van der Waals surface area contributed by atoms with Crippen LogP contribution in [0.3, 0.4) is 0 Å². The Morgan fingerprint density at radius 2 is 1.96 bits per heavy atom. The predicted molar refractivity (Wildman–Crippen MR) is 101 cm³/mol. The number of para-hydroxylation sites is 1. The smallest absolute Gasteiger partial charge is 0.180 e. The highest BCUT2D eigenvalue weighted by atomic mass is 35.5. The molecule has 0 spiro atoms. The molecule has 0 radical (unpaired) electrons. The maximum atomic E-state index is 6.38. The average Bonchev–Trinajstić information content (AvgIpc) is 2.59. The first-order valence-electron chi connectivity index (χ1n) is 8.20. The van der Waals surface area contributed by atoms with Crippen LogP contribution in [0.15, 0.2) is 49.1 Å². The normalized spacial score (nSPS) is 10.3. The van der Waals surface area contributed by atoms with Crippen molar-refractivity contribution in [1.29, 1.82) is 0 Å². The molecular weight excluding hydrogens is 322 g/mol. The number of hydrogen-bond donors (Lipinski definition) is 1. The molecule has 2 aromatic carbocycles. The van der Waals surface area contributed by atoms with Gasteiger partial charge >= 0.3 is 0 Å². The average molecular weight is 346 g/mol. The maximum absolute atomic E-state index is 6.38. The van der Waals surface area contributed by atoms with Crippen LogP contribution in [-0.2, 0) is 13.0 Å². The Morgan fingerprint density at radius 3 is 2.67 bits per heavy atom. The van der Waals surface area contributed by atoms with Gasteiger partial charge in [0.25, 0.3) is 0 Å². The molecule has 0 aromatic heterocycles. The summed E-state index contributed by atoms with van der Waals surface area (Å²) in [5, 5.41) is 4.01. The van der Waals surface area contributed by atoms with E-state index < -0.39 is 0 Å². The molecule has 24 heavy (non-hydrogen) atoms. The van der Waals surface area contributed by atoms with Crippen molar-refractivity contribution >= 4 is 17.3 Å². The zero-order chi connectivity index (χ0) is 17.4. The summed E-state index contributed by atoms with van der Waals surface area (Å²) in [4.78, 5) is 0. The predicted octanol–water partition coefficient (Wildman–Crippen LogP) is 5.48. The van der Waals surface area contributed by atoms with Gasteiger partial charge in [-0.1, -0.05) is 49.4 Å². The number of aryl methyl sites for hydroxylation is 1. The van der Waals surface area contributed by atoms with Gasteiger partial charge in [0.15, 0.2) is 11.5 Å². The van der Waals surface area contributed by atoms with Crippen LogP contribution in [-0.4, -0.2) is 13.2 Å². The Bertz CT molecular complexity index is 685. The van der Waals surface area contributed by atoms with Gasteiger partial charge in [-0.2, -0.15) is 0 Å². The summed E-state index contributed by atoms with van der Waals surface area (Å²) in [7, 11) is 0. The van der Waals surface area contributed by atoms with Gasteiger partial charge in [0.1, 0.15) is 6.61 Å². The fourth-order valence-corrected chi connectivity index (χ4v) is 2.75. The Balaban J connectivity index is 2.19. The molecule has 2 rings (SSSR count). The summed E-state index contributed by atoms with van der Waals surface area (Å²) < 4.78 is 11.3. The molecule has 0 bridgehead atoms. The van der Waals surface area contributed by atoms with Gasteiger partial charge in [0, 0.05) is 12.2 Å². The number of rotatable bonds is 9. The minimum atomic E-state index is 0.390. The molecular formula is C20H24ClNO2. The summed E-state index contributed by atoms with van der Waals surface area (Å²) in [6.07, 6.45) is 2.67. The van der Waals surface area contributed by atoms with Crippen LogP contribution in [0.2, 0.25) is 5.02 Å². The molecule has 0 atom stereocenters. The van der Waals surface area contributed by atoms with E-state index in [1.807, 2.05) is 25.1 Å². The van der Waals surface area contributed by atoms with E-state index in [4.69, 9.17) is 21.1 Å². The molecule has 0 heterocycles. The van der Waals surface area contributed by atoms with E-state index in [9.17, 15) is 0 Å². The van der Waals surface area contributed by atoms with E-state index in [-0.39, 0.29) is 0 Å². The highest BCUT2D eigenvalue weighted by molar-refractivity contribution is 6.32. The topological polar surface area (TPSA) is 30.5 Å². The van der Waals surface area contributed by atoms with Gasteiger partial charge in [-0.3, -0.25) is 0 Å². The fraction of sp³-hybridized carbons (Fsp3) is 0.300. The van der Waals surface area contributed by atoms with Crippen molar-refractivity contribution in [2.75, 3.05) is 18.5 Å². The zero-order valence-corrected chi connectivity index (χ0v) is 15.0. The molecule has 0 unspecified atom stereocenters. The lowest BCUT2D eigenvalue weighted by atomic mass is 10.1. The van der Waals surface area contributed by atoms with Crippen LogP contribution in [0, 0.1) is 0 Å². The number of benzene rings is 2. The van der Waals surface area contributed by atoms with Crippen LogP contribution in [0.4, 0.5) is 5.69 Å². The highest BCUT2D eigenvalue weighted by Gasteiger charge is 2.12. The fourth-order valence-electron chi connectivity index (χ4n) is 2.47. The second-order valence-corrected chi connectivity index (χ2v) is 5.71. The molecule has 1 N–H and O–H groups in total. The van der Waals surface area contributed by atoms with Gasteiger partial charge in [0.05, 0.1) is 11.6 Å². The van der Waals surface area contributed by atoms with Crippen molar-refractivity contribution in [3.05, 3.63) is 65.2 Å². The minimum Gasteiger partial charge on any atom is -0.490 e. The van der Waals surface area contributed by atoms with E-state index in [1.54, 1.807) is 6.08 Å². The number of ether oxygens (including phenoxy) is 2. The van der Waals surface area contributed by atoms with E-state index >= 15 is 0 Å². The Morgan fingerprint density at radius 1 is 1.17 bits per heavy atom. The number of hydrogen-bond acceptors (Lipinski definition) is 3. The first-order chi connectivity index (χ1) is 11.7. The Labute approximate surface area is 149 Å². The third kappa shape index (κ3) is 4.68. The summed E-state index contributed by atoms with van der Waals surface area (Å²) in [5.74, 6) is 1.23. The third-order valence-electron chi connectivity index (χ3n) is 3.60. The quantitative estimate of drug-likeness (QED) is 0.610. The molecule has 0 aliphatic heterocycles. The summed E-state index contributed by atoms with van der Waals surface area (Å²) in [6, 6.07) is 12.2. The Kier molecular flexibility index (Phi) is 7.01. The van der Waals surface area contributed by atoms with Crippen molar-refractivity contribution in [2.24, 2.45) is 0 Å². The second-order valence-electron chi connectivity index (χ2n) is 5.30. The number of nitrogens with one attached hydrogen (secondary N) is 1. The molecule has 3 nitrogen and oxygen atoms in total. The lowest BCUT2D eigenvalue weighted by Crippen LogP contribution is -2.04. The first kappa shape index (κ1) is 18.2. The van der Waals surface area contributed by atoms with Crippen molar-refractivity contribution < 1.29 is 9.47 Å². The SMILES string of the molecule is C=CCOc1c(Cl)cc(CNc2ccccc2CC)cc1OCC. The van der Waals surface area contributed by atoms with Crippen molar-refractivity contribution in [3.63, 3.8) is 0 Å². The third-order valence-corrected chi connectivity index (χ3v) is 3.88. The van der Waals surface area contributed by atoms with Crippen LogP contribution in [0.5, 0.6) is 11.5 Å². The standard InChI is InChI=1S/C20H24ClNO2/c1-4-11-24-20-17(21)12-15(13-19(20)23-6-3)14-22-18-10-8-7-9-16(18)5-2/h4,7-10,12-13,22H,1,5-6,11,14H2,2-3H3. The van der Waals surface area contributed by atoms with Crippen molar-refractivity contribution in [2.45, 2.75) is 26.8 Å². The van der Waals surface area contributed by atoms with Crippen LogP contribution in [0.1, 0.15) is 25.0 Å². The number of anilines is 1. The van der Waals surface area contributed by atoms with E-state index in [2.05, 4.69) is 37.0 Å². The van der Waals surface area contributed by atoms with Gasteiger partial charge in [-0.25, -0.2) is 0 Å². The maximum Gasteiger partial charge on any atom is 0.180 e. The van der Waals surface area contributed by atoms with E-state index in [0.717, 1.165) is 17.7 Å². The molecule has 0 aliphatic carbocycles. The van der Waals surface area contributed by atoms with Gasteiger partial charge in [-0.15, -0.1) is 0 Å². The lowest BCUT2D eigenvalue weighted by Gasteiger charge is -2.16. The molecule has 0 aliphatic rings. The largest absolute Gasteiger partial charge is 0.490 e. The molecule has 128 valence electrons. The molecule has 4 heteroatoms. The molecule has 0 saturated heterocycles. The van der Waals surface area contributed by atoms with Gasteiger partial charge in [0.2, 0.25) is 0 Å². The van der Waals surface area contributed by atoms with Crippen LogP contribution < -0.4 is 14.8 Å². The molecule has 0 saturated carbocycles. The summed E-state index contributed by atoms with van der Waals surface area (Å²) >= 11 is 6.38. The van der Waals surface area contributed by atoms with Gasteiger partial charge < -0.3 is 14.8 Å².